The molecule has 71 heavy (non-hydrogen) atoms. The highest BCUT2D eigenvalue weighted by Crippen LogP contribution is 2.48. The summed E-state index contributed by atoms with van der Waals surface area (Å²) in [5.74, 6) is 0. The van der Waals surface area contributed by atoms with E-state index in [1.165, 1.54) is 55.8 Å². The molecular weight excluding hydrogens is 864 g/mol. The first-order valence-electron chi connectivity index (χ1n) is 25.2. The summed E-state index contributed by atoms with van der Waals surface area (Å²) in [6.07, 6.45) is 0. The van der Waals surface area contributed by atoms with Crippen molar-refractivity contribution in [1.82, 2.24) is 0 Å². The Labute approximate surface area is 417 Å². The van der Waals surface area contributed by atoms with Crippen molar-refractivity contribution >= 4 is 101 Å². The van der Waals surface area contributed by atoms with Gasteiger partial charge in [-0.1, -0.05) is 172 Å². The van der Waals surface area contributed by atoms with Crippen LogP contribution in [0.3, 0.4) is 0 Å². The molecule has 0 spiro atoms. The molecule has 0 radical (unpaired) electrons. The summed E-state index contributed by atoms with van der Waals surface area (Å²) in [7, 11) is 0. The van der Waals surface area contributed by atoms with Crippen LogP contribution in [0.2, 0.25) is 0 Å². The van der Waals surface area contributed by atoms with Crippen LogP contribution in [0.1, 0.15) is 79.0 Å². The molecule has 13 rings (SSSR count). The number of benzene rings is 9. The van der Waals surface area contributed by atoms with Gasteiger partial charge in [0.05, 0.1) is 0 Å². The van der Waals surface area contributed by atoms with E-state index in [1.54, 1.807) is 0 Å². The Morgan fingerprint density at radius 2 is 0.831 bits per heavy atom. The van der Waals surface area contributed by atoms with Crippen LogP contribution in [0.15, 0.2) is 191 Å². The maximum atomic E-state index is 6.55. The average Bonchev–Trinajstić information content (AvgIpc) is 3.94. The maximum absolute atomic E-state index is 6.55. The fourth-order valence-corrected chi connectivity index (χ4v) is 11.4. The van der Waals surface area contributed by atoms with Crippen LogP contribution in [0.4, 0.5) is 34.1 Å². The Morgan fingerprint density at radius 1 is 0.352 bits per heavy atom. The first-order chi connectivity index (χ1) is 34.1. The predicted octanol–water partition coefficient (Wildman–Crippen LogP) is 16.8. The van der Waals surface area contributed by atoms with Gasteiger partial charge in [0.2, 0.25) is 0 Å². The van der Waals surface area contributed by atoms with Crippen LogP contribution >= 0.6 is 0 Å². The lowest BCUT2D eigenvalue weighted by Gasteiger charge is -2.45. The van der Waals surface area contributed by atoms with Crippen molar-refractivity contribution in [1.29, 1.82) is 0 Å². The van der Waals surface area contributed by atoms with Crippen molar-refractivity contribution < 1.29 is 8.83 Å². The van der Waals surface area contributed by atoms with E-state index in [9.17, 15) is 0 Å². The third-order valence-electron chi connectivity index (χ3n) is 15.3. The number of rotatable bonds is 4. The smallest absolute Gasteiger partial charge is 0.252 e. The molecule has 4 heterocycles. The summed E-state index contributed by atoms with van der Waals surface area (Å²) in [4.78, 5) is 5.10. The van der Waals surface area contributed by atoms with E-state index < -0.39 is 0 Å². The fraction of sp³-hybridized carbons (Fsp3) is 0.182. The molecule has 4 nitrogen and oxygen atoms in total. The van der Waals surface area contributed by atoms with Gasteiger partial charge >= 0.3 is 0 Å². The van der Waals surface area contributed by atoms with Gasteiger partial charge in [-0.15, -0.1) is 0 Å². The molecule has 0 N–H and O–H groups in total. The minimum atomic E-state index is -0.140. The highest BCUT2D eigenvalue weighted by atomic mass is 16.3. The van der Waals surface area contributed by atoms with E-state index in [0.29, 0.717) is 0 Å². The van der Waals surface area contributed by atoms with E-state index in [-0.39, 0.29) is 23.0 Å². The Hall–Kier alpha value is -7.76. The molecule has 0 fully saturated rings. The number of nitrogens with zero attached hydrogens (tertiary/aromatic N) is 2. The molecule has 2 aliphatic heterocycles. The largest absolute Gasteiger partial charge is 0.456 e. The molecule has 9 aromatic carbocycles. The summed E-state index contributed by atoms with van der Waals surface area (Å²) in [6.45, 7) is 21.0. The van der Waals surface area contributed by atoms with Crippen molar-refractivity contribution in [3.8, 4) is 22.3 Å². The van der Waals surface area contributed by atoms with Crippen molar-refractivity contribution in [3.63, 3.8) is 0 Å². The molecule has 0 amide bonds. The first kappa shape index (κ1) is 43.3. The lowest BCUT2D eigenvalue weighted by Crippen LogP contribution is -2.61. The average molecular weight is 921 g/mol. The number of hydrogen-bond acceptors (Lipinski definition) is 4. The highest BCUT2D eigenvalue weighted by Gasteiger charge is 2.45. The zero-order valence-electron chi connectivity index (χ0n) is 42.1. The van der Waals surface area contributed by atoms with Gasteiger partial charge in [-0.2, -0.15) is 0 Å². The fourth-order valence-electron chi connectivity index (χ4n) is 11.4. The van der Waals surface area contributed by atoms with E-state index in [4.69, 9.17) is 8.83 Å². The van der Waals surface area contributed by atoms with E-state index in [0.717, 1.165) is 77.5 Å². The van der Waals surface area contributed by atoms with Crippen molar-refractivity contribution in [2.45, 2.75) is 78.6 Å². The zero-order valence-corrected chi connectivity index (χ0v) is 42.1. The normalized spacial score (nSPS) is 13.6. The molecule has 346 valence electrons. The van der Waals surface area contributed by atoms with Gasteiger partial charge in [0, 0.05) is 61.2 Å². The van der Waals surface area contributed by atoms with Crippen LogP contribution in [0.25, 0.3) is 66.1 Å². The first-order valence-corrected chi connectivity index (χ1v) is 25.2. The molecule has 0 unspecified atom stereocenters. The van der Waals surface area contributed by atoms with Crippen LogP contribution in [-0.4, -0.2) is 6.71 Å². The van der Waals surface area contributed by atoms with Crippen LogP contribution in [0.5, 0.6) is 0 Å². The summed E-state index contributed by atoms with van der Waals surface area (Å²) in [6, 6.07) is 67.6. The Bertz CT molecular complexity index is 3950. The van der Waals surface area contributed by atoms with Crippen LogP contribution < -0.4 is 26.2 Å². The molecule has 0 saturated heterocycles. The summed E-state index contributed by atoms with van der Waals surface area (Å²) in [5, 5.41) is 4.56. The lowest BCUT2D eigenvalue weighted by molar-refractivity contribution is 0.590. The van der Waals surface area contributed by atoms with Crippen molar-refractivity contribution in [2.75, 3.05) is 9.80 Å². The molecule has 0 atom stereocenters. The molecule has 11 aromatic rings. The van der Waals surface area contributed by atoms with Crippen molar-refractivity contribution in [3.05, 3.63) is 199 Å². The maximum Gasteiger partial charge on any atom is 0.252 e. The van der Waals surface area contributed by atoms with Crippen LogP contribution in [0, 0.1) is 0 Å². The Kier molecular flexibility index (Phi) is 9.37. The molecular formula is C66H57BN2O2. The van der Waals surface area contributed by atoms with Crippen molar-refractivity contribution in [2.24, 2.45) is 0 Å². The van der Waals surface area contributed by atoms with Gasteiger partial charge in [-0.25, -0.2) is 0 Å². The van der Waals surface area contributed by atoms with E-state index in [1.807, 2.05) is 18.2 Å². The topological polar surface area (TPSA) is 32.8 Å². The second-order valence-corrected chi connectivity index (χ2v) is 23.0. The SMILES string of the molecule is CC(C)(C)c1ccc2c(c1)B1c3cc(C(C)(C)C)ccc3N(c3ccc(-c4cccc5c4oc4ccccc45)cc3)c3cc(C(C)(C)C)cc(c31)N2c1ccc(-c2ccc3c(c2)oc2ccccc23)cc1. The minimum absolute atomic E-state index is 0.00381. The highest BCUT2D eigenvalue weighted by molar-refractivity contribution is 7.00. The van der Waals surface area contributed by atoms with Gasteiger partial charge in [-0.05, 0) is 139 Å². The third-order valence-corrected chi connectivity index (χ3v) is 15.3. The van der Waals surface area contributed by atoms with E-state index in [2.05, 4.69) is 236 Å². The second-order valence-electron chi connectivity index (χ2n) is 23.0. The molecule has 2 aromatic heterocycles. The number of hydrogen-bond donors (Lipinski definition) is 0. The summed E-state index contributed by atoms with van der Waals surface area (Å²) >= 11 is 0. The monoisotopic (exact) mass is 920 g/mol. The molecule has 0 saturated carbocycles. The quantitative estimate of drug-likeness (QED) is 0.165. The van der Waals surface area contributed by atoms with Crippen LogP contribution in [-0.2, 0) is 16.2 Å². The number of fused-ring (bicyclic) bond motifs is 10. The summed E-state index contributed by atoms with van der Waals surface area (Å²) in [5.41, 5.74) is 22.9. The zero-order chi connectivity index (χ0) is 48.7. The summed E-state index contributed by atoms with van der Waals surface area (Å²) < 4.78 is 12.9. The molecule has 0 bridgehead atoms. The predicted molar refractivity (Wildman–Crippen MR) is 302 cm³/mol. The third kappa shape index (κ3) is 6.88. The lowest BCUT2D eigenvalue weighted by atomic mass is 9.33. The van der Waals surface area contributed by atoms with Gasteiger partial charge in [0.25, 0.3) is 6.71 Å². The van der Waals surface area contributed by atoms with Gasteiger partial charge in [0.1, 0.15) is 22.3 Å². The number of furan rings is 2. The Balaban J connectivity index is 1.02. The van der Waals surface area contributed by atoms with Gasteiger partial charge in [0.15, 0.2) is 0 Å². The Morgan fingerprint density at radius 3 is 1.39 bits per heavy atom. The number of anilines is 6. The number of para-hydroxylation sites is 3. The van der Waals surface area contributed by atoms with Gasteiger partial charge < -0.3 is 18.6 Å². The molecule has 0 aliphatic carbocycles. The standard InChI is InChI=1S/C66H57BN2O2/c1-64(2,3)43-26-33-55-53(36-43)67-54-37-44(65(4,5)6)27-34-56(54)69(47-30-23-41(24-31-47)48-17-14-18-52-50-16-11-13-20-60(50)71-63(48)52)58-39-45(66(7,8)9)38-57(62(58)67)68(55)46-28-21-40(22-29-46)42-25-32-51-49-15-10-12-19-59(49)70-61(51)35-42/h10-39H,1-9H3. The second kappa shape index (κ2) is 15.4. The van der Waals surface area contributed by atoms with Gasteiger partial charge in [-0.3, -0.25) is 0 Å². The van der Waals surface area contributed by atoms with E-state index >= 15 is 0 Å². The molecule has 2 aliphatic rings. The molecule has 5 heteroatoms. The minimum Gasteiger partial charge on any atom is -0.456 e.